The fourth-order valence-electron chi connectivity index (χ4n) is 3.43. The molecule has 0 bridgehead atoms. The number of aromatic nitrogens is 1. The van der Waals surface area contributed by atoms with Gasteiger partial charge in [-0.05, 0) is 36.8 Å². The molecule has 29 heavy (non-hydrogen) atoms. The number of amides is 3. The number of carbonyl (C=O) groups excluding carboxylic acids is 3. The number of unbranched alkanes of at least 4 members (excludes halogenated alkanes) is 1. The second-order valence-electron chi connectivity index (χ2n) is 7.11. The minimum atomic E-state index is -0.318. The van der Waals surface area contributed by atoms with E-state index in [0.717, 1.165) is 28.1 Å². The molecule has 3 amide bonds. The Labute approximate surface area is 172 Å². The van der Waals surface area contributed by atoms with Gasteiger partial charge in [-0.25, -0.2) is 4.98 Å². The molecule has 3 aromatic rings. The summed E-state index contributed by atoms with van der Waals surface area (Å²) in [5.74, 6) is -0.804. The maximum Gasteiger partial charge on any atom is 0.261 e. The lowest BCUT2D eigenvalue weighted by Gasteiger charge is -2.16. The van der Waals surface area contributed by atoms with Gasteiger partial charge >= 0.3 is 0 Å². The van der Waals surface area contributed by atoms with Crippen molar-refractivity contribution in [3.05, 3.63) is 64.2 Å². The Morgan fingerprint density at radius 1 is 1.10 bits per heavy atom. The molecule has 148 valence electrons. The minimum absolute atomic E-state index is 0.209. The molecule has 6 nitrogen and oxygen atoms in total. The van der Waals surface area contributed by atoms with Gasteiger partial charge in [0.2, 0.25) is 0 Å². The fraction of sp³-hybridized carbons (Fsp3) is 0.273. The number of rotatable bonds is 6. The molecule has 2 aromatic carbocycles. The summed E-state index contributed by atoms with van der Waals surface area (Å²) in [5, 5.41) is 0.847. The molecule has 4 rings (SSSR count). The van der Waals surface area contributed by atoms with Crippen LogP contribution >= 0.6 is 11.3 Å². The van der Waals surface area contributed by atoms with Crippen molar-refractivity contribution in [1.29, 1.82) is 0 Å². The smallest absolute Gasteiger partial charge is 0.261 e. The van der Waals surface area contributed by atoms with Crippen LogP contribution in [0.1, 0.15) is 55.8 Å². The monoisotopic (exact) mass is 407 g/mol. The van der Waals surface area contributed by atoms with Crippen molar-refractivity contribution in [2.75, 3.05) is 13.6 Å². The number of para-hydroxylation sites is 1. The lowest BCUT2D eigenvalue weighted by Crippen LogP contribution is -2.30. The van der Waals surface area contributed by atoms with Crippen molar-refractivity contribution in [2.24, 2.45) is 0 Å². The number of fused-ring (bicyclic) bond motifs is 2. The van der Waals surface area contributed by atoms with Crippen LogP contribution in [0.25, 0.3) is 10.2 Å². The Balaban J connectivity index is 1.53. The highest BCUT2D eigenvalue weighted by Crippen LogP contribution is 2.26. The summed E-state index contributed by atoms with van der Waals surface area (Å²) in [6, 6.07) is 12.6. The Morgan fingerprint density at radius 3 is 2.62 bits per heavy atom. The van der Waals surface area contributed by atoms with Gasteiger partial charge in [-0.2, -0.15) is 0 Å². The molecule has 0 saturated heterocycles. The van der Waals surface area contributed by atoms with Gasteiger partial charge in [0.15, 0.2) is 0 Å². The molecule has 1 aliphatic heterocycles. The van der Waals surface area contributed by atoms with E-state index < -0.39 is 0 Å². The van der Waals surface area contributed by atoms with Crippen LogP contribution in [0.4, 0.5) is 0 Å². The van der Waals surface area contributed by atoms with E-state index in [4.69, 9.17) is 0 Å². The topological polar surface area (TPSA) is 70.6 Å². The first-order valence-corrected chi connectivity index (χ1v) is 10.4. The molecule has 0 saturated carbocycles. The van der Waals surface area contributed by atoms with Crippen LogP contribution in [-0.4, -0.2) is 46.1 Å². The predicted molar refractivity (Wildman–Crippen MR) is 112 cm³/mol. The molecule has 0 radical (unpaired) electrons. The molecule has 1 aromatic heterocycles. The van der Waals surface area contributed by atoms with Crippen molar-refractivity contribution in [3.8, 4) is 0 Å². The van der Waals surface area contributed by atoms with Gasteiger partial charge in [0.1, 0.15) is 5.01 Å². The fourth-order valence-corrected chi connectivity index (χ4v) is 4.45. The quantitative estimate of drug-likeness (QED) is 0.580. The van der Waals surface area contributed by atoms with Crippen LogP contribution < -0.4 is 0 Å². The molecule has 2 heterocycles. The van der Waals surface area contributed by atoms with Crippen LogP contribution in [0, 0.1) is 0 Å². The highest BCUT2D eigenvalue weighted by molar-refractivity contribution is 7.18. The van der Waals surface area contributed by atoms with E-state index in [-0.39, 0.29) is 17.7 Å². The van der Waals surface area contributed by atoms with Gasteiger partial charge in [-0.1, -0.05) is 25.5 Å². The van der Waals surface area contributed by atoms with E-state index in [0.29, 0.717) is 29.8 Å². The number of nitrogens with zero attached hydrogens (tertiary/aromatic N) is 3. The number of hydrogen-bond acceptors (Lipinski definition) is 5. The van der Waals surface area contributed by atoms with Gasteiger partial charge < -0.3 is 4.90 Å². The average Bonchev–Trinajstić information content (AvgIpc) is 3.24. The van der Waals surface area contributed by atoms with E-state index in [1.165, 1.54) is 4.90 Å². The van der Waals surface area contributed by atoms with Crippen LogP contribution in [0.3, 0.4) is 0 Å². The van der Waals surface area contributed by atoms with E-state index >= 15 is 0 Å². The lowest BCUT2D eigenvalue weighted by molar-refractivity contribution is 0.0652. The molecule has 0 aliphatic carbocycles. The van der Waals surface area contributed by atoms with E-state index in [1.54, 1.807) is 41.5 Å². The van der Waals surface area contributed by atoms with Gasteiger partial charge in [0.05, 0.1) is 27.9 Å². The Kier molecular flexibility index (Phi) is 5.15. The summed E-state index contributed by atoms with van der Waals surface area (Å²) >= 11 is 1.56. The number of imide groups is 1. The first-order valence-electron chi connectivity index (χ1n) is 9.59. The first-order chi connectivity index (χ1) is 14.0. The lowest BCUT2D eigenvalue weighted by atomic mass is 10.0. The standard InChI is InChI=1S/C22H21N3O3S/c1-3-4-11-25-21(27)15-10-9-14(12-16(15)22(25)28)20(26)24(2)13-19-23-17-7-5-6-8-18(17)29-19/h5-10,12H,3-4,11,13H2,1-2H3. The van der Waals surface area contributed by atoms with E-state index in [1.807, 2.05) is 31.2 Å². The SMILES string of the molecule is CCCCN1C(=O)c2ccc(C(=O)N(C)Cc3nc4ccccc4s3)cc2C1=O. The van der Waals surface area contributed by atoms with Crippen molar-refractivity contribution in [2.45, 2.75) is 26.3 Å². The molecular formula is C22H21N3O3S. The molecule has 7 heteroatoms. The highest BCUT2D eigenvalue weighted by Gasteiger charge is 2.35. The minimum Gasteiger partial charge on any atom is -0.335 e. The van der Waals surface area contributed by atoms with Crippen LogP contribution in [0.2, 0.25) is 0 Å². The van der Waals surface area contributed by atoms with Crippen LogP contribution in [0.15, 0.2) is 42.5 Å². The molecule has 1 aliphatic rings. The maximum absolute atomic E-state index is 12.9. The van der Waals surface area contributed by atoms with Gasteiger partial charge in [-0.15, -0.1) is 11.3 Å². The van der Waals surface area contributed by atoms with Crippen molar-refractivity contribution in [3.63, 3.8) is 0 Å². The summed E-state index contributed by atoms with van der Waals surface area (Å²) in [5.41, 5.74) is 2.00. The average molecular weight is 407 g/mol. The van der Waals surface area contributed by atoms with Crippen molar-refractivity contribution >= 4 is 39.3 Å². The highest BCUT2D eigenvalue weighted by atomic mass is 32.1. The van der Waals surface area contributed by atoms with Crippen molar-refractivity contribution in [1.82, 2.24) is 14.8 Å². The molecule has 0 fully saturated rings. The maximum atomic E-state index is 12.9. The van der Waals surface area contributed by atoms with Gasteiger partial charge in [-0.3, -0.25) is 19.3 Å². The number of thiazole rings is 1. The Bertz CT molecular complexity index is 1090. The Morgan fingerprint density at radius 2 is 1.86 bits per heavy atom. The second-order valence-corrected chi connectivity index (χ2v) is 8.23. The second kappa shape index (κ2) is 7.75. The molecule has 0 spiro atoms. The predicted octanol–water partition coefficient (Wildman–Crippen LogP) is 3.96. The van der Waals surface area contributed by atoms with Crippen LogP contribution in [-0.2, 0) is 6.54 Å². The van der Waals surface area contributed by atoms with E-state index in [2.05, 4.69) is 4.98 Å². The summed E-state index contributed by atoms with van der Waals surface area (Å²) in [4.78, 5) is 45.4. The molecule has 0 unspecified atom stereocenters. The zero-order valence-corrected chi connectivity index (χ0v) is 17.2. The summed E-state index contributed by atoms with van der Waals surface area (Å²) in [7, 11) is 1.71. The number of benzene rings is 2. The molecule has 0 atom stereocenters. The summed E-state index contributed by atoms with van der Waals surface area (Å²) in [6.45, 7) is 2.80. The van der Waals surface area contributed by atoms with Gasteiger partial charge in [0, 0.05) is 19.2 Å². The summed E-state index contributed by atoms with van der Waals surface area (Å²) < 4.78 is 1.08. The normalized spacial score (nSPS) is 13.2. The zero-order chi connectivity index (χ0) is 20.5. The third-order valence-electron chi connectivity index (χ3n) is 5.01. The zero-order valence-electron chi connectivity index (χ0n) is 16.3. The Hall–Kier alpha value is -3.06. The van der Waals surface area contributed by atoms with Gasteiger partial charge in [0.25, 0.3) is 17.7 Å². The third-order valence-corrected chi connectivity index (χ3v) is 6.03. The van der Waals surface area contributed by atoms with E-state index in [9.17, 15) is 14.4 Å². The van der Waals surface area contributed by atoms with Crippen LogP contribution in [0.5, 0.6) is 0 Å². The molecule has 0 N–H and O–H groups in total. The molecular weight excluding hydrogens is 386 g/mol. The number of hydrogen-bond donors (Lipinski definition) is 0. The first kappa shape index (κ1) is 19.3. The van der Waals surface area contributed by atoms with Crippen molar-refractivity contribution < 1.29 is 14.4 Å². The largest absolute Gasteiger partial charge is 0.335 e. The third kappa shape index (κ3) is 3.53. The summed E-state index contributed by atoms with van der Waals surface area (Å²) in [6.07, 6.45) is 1.66. The number of carbonyl (C=O) groups is 3.